The van der Waals surface area contributed by atoms with E-state index in [1.165, 1.54) is 12.8 Å². The predicted octanol–water partition coefficient (Wildman–Crippen LogP) is 0.927. The molecule has 94 valence electrons. The lowest BCUT2D eigenvalue weighted by Crippen LogP contribution is -2.42. The van der Waals surface area contributed by atoms with Crippen LogP contribution in [0, 0.1) is 0 Å². The van der Waals surface area contributed by atoms with Gasteiger partial charge in [-0.05, 0) is 25.8 Å². The number of aliphatic hydroxyl groups is 1. The second-order valence-electron chi connectivity index (χ2n) is 4.81. The van der Waals surface area contributed by atoms with E-state index >= 15 is 0 Å². The van der Waals surface area contributed by atoms with Crippen LogP contribution in [0.15, 0.2) is 0 Å². The standard InChI is InChI=1S/C12H24N2O2/c13-9-5-6-11(15)14-10-12(16)7-3-1-2-4-8-12/h16H,1-10,13H2,(H,14,15). The van der Waals surface area contributed by atoms with Gasteiger partial charge in [0.15, 0.2) is 0 Å². The van der Waals surface area contributed by atoms with Crippen molar-refractivity contribution in [1.29, 1.82) is 0 Å². The third-order valence-corrected chi connectivity index (χ3v) is 3.26. The lowest BCUT2D eigenvalue weighted by molar-refractivity contribution is -0.122. The van der Waals surface area contributed by atoms with E-state index < -0.39 is 5.60 Å². The minimum absolute atomic E-state index is 0.00289. The van der Waals surface area contributed by atoms with Crippen LogP contribution in [0.25, 0.3) is 0 Å². The molecule has 0 aromatic rings. The Balaban J connectivity index is 2.25. The molecule has 4 nitrogen and oxygen atoms in total. The minimum atomic E-state index is -0.672. The Hall–Kier alpha value is -0.610. The highest BCUT2D eigenvalue weighted by Gasteiger charge is 2.28. The SMILES string of the molecule is NCCCC(=O)NCC1(O)CCCCCC1. The van der Waals surface area contributed by atoms with Gasteiger partial charge in [0.1, 0.15) is 0 Å². The average molecular weight is 228 g/mol. The van der Waals surface area contributed by atoms with Crippen LogP contribution in [0.1, 0.15) is 51.4 Å². The molecule has 0 unspecified atom stereocenters. The highest BCUT2D eigenvalue weighted by atomic mass is 16.3. The predicted molar refractivity (Wildman–Crippen MR) is 63.9 cm³/mol. The van der Waals surface area contributed by atoms with Gasteiger partial charge in [0.25, 0.3) is 0 Å². The number of hydrogen-bond donors (Lipinski definition) is 3. The molecule has 0 aromatic heterocycles. The monoisotopic (exact) mass is 228 g/mol. The summed E-state index contributed by atoms with van der Waals surface area (Å²) in [4.78, 5) is 11.4. The van der Waals surface area contributed by atoms with Crippen molar-refractivity contribution in [3.05, 3.63) is 0 Å². The molecule has 1 aliphatic carbocycles. The first kappa shape index (κ1) is 13.5. The zero-order valence-corrected chi connectivity index (χ0v) is 10.0. The van der Waals surface area contributed by atoms with Crippen molar-refractivity contribution in [3.63, 3.8) is 0 Å². The zero-order chi connectivity index (χ0) is 11.9. The molecule has 1 rings (SSSR count). The Labute approximate surface area is 97.6 Å². The Morgan fingerprint density at radius 3 is 2.44 bits per heavy atom. The quantitative estimate of drug-likeness (QED) is 0.613. The lowest BCUT2D eigenvalue weighted by atomic mass is 9.94. The van der Waals surface area contributed by atoms with Crippen LogP contribution in [0.5, 0.6) is 0 Å². The maximum Gasteiger partial charge on any atom is 0.220 e. The number of hydrogen-bond acceptors (Lipinski definition) is 3. The van der Waals surface area contributed by atoms with E-state index in [1.54, 1.807) is 0 Å². The molecule has 0 aromatic carbocycles. The number of rotatable bonds is 5. The van der Waals surface area contributed by atoms with Crippen molar-refractivity contribution >= 4 is 5.91 Å². The summed E-state index contributed by atoms with van der Waals surface area (Å²) < 4.78 is 0. The van der Waals surface area contributed by atoms with E-state index in [-0.39, 0.29) is 5.91 Å². The molecule has 1 aliphatic rings. The van der Waals surface area contributed by atoms with Crippen molar-refractivity contribution in [2.75, 3.05) is 13.1 Å². The fourth-order valence-electron chi connectivity index (χ4n) is 2.18. The topological polar surface area (TPSA) is 75.4 Å². The van der Waals surface area contributed by atoms with E-state index in [2.05, 4.69) is 5.32 Å². The fourth-order valence-corrected chi connectivity index (χ4v) is 2.18. The minimum Gasteiger partial charge on any atom is -0.388 e. The van der Waals surface area contributed by atoms with Gasteiger partial charge in [-0.2, -0.15) is 0 Å². The van der Waals surface area contributed by atoms with E-state index in [4.69, 9.17) is 5.73 Å². The number of nitrogens with one attached hydrogen (secondary N) is 1. The van der Waals surface area contributed by atoms with Gasteiger partial charge < -0.3 is 16.2 Å². The molecule has 1 fully saturated rings. The van der Waals surface area contributed by atoms with Gasteiger partial charge in [0.05, 0.1) is 5.60 Å². The maximum absolute atomic E-state index is 11.4. The summed E-state index contributed by atoms with van der Waals surface area (Å²) >= 11 is 0. The van der Waals surface area contributed by atoms with Crippen LogP contribution in [0.2, 0.25) is 0 Å². The summed E-state index contributed by atoms with van der Waals surface area (Å²) in [6.45, 7) is 0.939. The Kier molecular flexibility index (Phi) is 5.77. The van der Waals surface area contributed by atoms with E-state index in [1.807, 2.05) is 0 Å². The van der Waals surface area contributed by atoms with Crippen LogP contribution in [-0.4, -0.2) is 29.7 Å². The summed E-state index contributed by atoms with van der Waals surface area (Å²) in [6, 6.07) is 0. The maximum atomic E-state index is 11.4. The van der Waals surface area contributed by atoms with Crippen molar-refractivity contribution in [1.82, 2.24) is 5.32 Å². The molecular weight excluding hydrogens is 204 g/mol. The van der Waals surface area contributed by atoms with Crippen LogP contribution < -0.4 is 11.1 Å². The molecule has 0 spiro atoms. The lowest BCUT2D eigenvalue weighted by Gasteiger charge is -2.26. The van der Waals surface area contributed by atoms with Crippen molar-refractivity contribution in [3.8, 4) is 0 Å². The highest BCUT2D eigenvalue weighted by Crippen LogP contribution is 2.26. The largest absolute Gasteiger partial charge is 0.388 e. The van der Waals surface area contributed by atoms with E-state index in [0.29, 0.717) is 25.9 Å². The molecule has 16 heavy (non-hydrogen) atoms. The van der Waals surface area contributed by atoms with Gasteiger partial charge in [-0.25, -0.2) is 0 Å². The zero-order valence-electron chi connectivity index (χ0n) is 10.0. The fraction of sp³-hybridized carbons (Fsp3) is 0.917. The van der Waals surface area contributed by atoms with Crippen LogP contribution in [0.4, 0.5) is 0 Å². The normalized spacial score (nSPS) is 20.1. The first-order chi connectivity index (χ1) is 7.66. The van der Waals surface area contributed by atoms with Crippen LogP contribution in [0.3, 0.4) is 0 Å². The van der Waals surface area contributed by atoms with Crippen molar-refractivity contribution in [2.24, 2.45) is 5.73 Å². The Morgan fingerprint density at radius 2 is 1.88 bits per heavy atom. The van der Waals surface area contributed by atoms with Crippen LogP contribution in [-0.2, 0) is 4.79 Å². The highest BCUT2D eigenvalue weighted by molar-refractivity contribution is 5.75. The number of amides is 1. The molecule has 1 amide bonds. The molecule has 4 N–H and O–H groups in total. The van der Waals surface area contributed by atoms with Crippen molar-refractivity contribution in [2.45, 2.75) is 57.0 Å². The molecule has 0 saturated heterocycles. The molecule has 1 saturated carbocycles. The van der Waals surface area contributed by atoms with Gasteiger partial charge in [0, 0.05) is 13.0 Å². The molecular formula is C12H24N2O2. The van der Waals surface area contributed by atoms with E-state index in [9.17, 15) is 9.90 Å². The Morgan fingerprint density at radius 1 is 1.25 bits per heavy atom. The summed E-state index contributed by atoms with van der Waals surface area (Å²) in [7, 11) is 0. The third-order valence-electron chi connectivity index (χ3n) is 3.26. The average Bonchev–Trinajstić information content (AvgIpc) is 2.49. The smallest absolute Gasteiger partial charge is 0.220 e. The summed E-state index contributed by atoms with van der Waals surface area (Å²) in [6.07, 6.45) is 7.32. The van der Waals surface area contributed by atoms with Gasteiger partial charge in [0.2, 0.25) is 5.91 Å². The van der Waals surface area contributed by atoms with Gasteiger partial charge >= 0.3 is 0 Å². The first-order valence-corrected chi connectivity index (χ1v) is 6.35. The molecule has 0 bridgehead atoms. The molecule has 4 heteroatoms. The molecule has 0 heterocycles. The second kappa shape index (κ2) is 6.86. The summed E-state index contributed by atoms with van der Waals surface area (Å²) in [5.41, 5.74) is 4.66. The van der Waals surface area contributed by atoms with Gasteiger partial charge in [-0.15, -0.1) is 0 Å². The number of carbonyl (C=O) groups excluding carboxylic acids is 1. The van der Waals surface area contributed by atoms with E-state index in [0.717, 1.165) is 25.7 Å². The Bertz CT molecular complexity index is 211. The van der Waals surface area contributed by atoms with Gasteiger partial charge in [-0.1, -0.05) is 25.7 Å². The molecule has 0 atom stereocenters. The number of nitrogens with two attached hydrogens (primary N) is 1. The second-order valence-corrected chi connectivity index (χ2v) is 4.81. The molecule has 0 aliphatic heterocycles. The number of carbonyl (C=O) groups is 1. The molecule has 0 radical (unpaired) electrons. The van der Waals surface area contributed by atoms with Gasteiger partial charge in [-0.3, -0.25) is 4.79 Å². The van der Waals surface area contributed by atoms with Crippen LogP contribution >= 0.6 is 0 Å². The summed E-state index contributed by atoms with van der Waals surface area (Å²) in [5, 5.41) is 13.1. The van der Waals surface area contributed by atoms with Crippen molar-refractivity contribution < 1.29 is 9.90 Å². The summed E-state index contributed by atoms with van der Waals surface area (Å²) in [5.74, 6) is 0.00289. The third kappa shape index (κ3) is 4.94. The first-order valence-electron chi connectivity index (χ1n) is 6.35.